The lowest BCUT2D eigenvalue weighted by atomic mass is 10.2. The molecule has 1 aliphatic heterocycles. The Bertz CT molecular complexity index is 503. The first-order valence-corrected chi connectivity index (χ1v) is 6.71. The minimum Gasteiger partial charge on any atom is -0.272 e. The zero-order chi connectivity index (χ0) is 12.4. The summed E-state index contributed by atoms with van der Waals surface area (Å²) in [5.41, 5.74) is 0.684. The summed E-state index contributed by atoms with van der Waals surface area (Å²) in [4.78, 5) is 11.4. The molecule has 0 unspecified atom stereocenters. The van der Waals surface area contributed by atoms with Crippen molar-refractivity contribution in [3.63, 3.8) is 0 Å². The molecule has 1 saturated heterocycles. The van der Waals surface area contributed by atoms with Gasteiger partial charge in [0.2, 0.25) is 0 Å². The highest BCUT2D eigenvalue weighted by atomic mass is 35.5. The second kappa shape index (κ2) is 5.35. The quantitative estimate of drug-likeness (QED) is 0.621. The molecule has 2 rings (SSSR count). The predicted octanol–water partition coefficient (Wildman–Crippen LogP) is 3.19. The van der Waals surface area contributed by atoms with Crippen LogP contribution in [0.1, 0.15) is 5.56 Å². The van der Waals surface area contributed by atoms with Crippen LogP contribution in [-0.2, 0) is 4.79 Å². The average molecular weight is 305 g/mol. The molecule has 1 aliphatic rings. The van der Waals surface area contributed by atoms with Crippen molar-refractivity contribution in [3.8, 4) is 0 Å². The fraction of sp³-hybridized carbons (Fsp3) is 0.100. The zero-order valence-electron chi connectivity index (χ0n) is 8.39. The normalized spacial score (nSPS) is 16.2. The van der Waals surface area contributed by atoms with Gasteiger partial charge in [0, 0.05) is 10.6 Å². The van der Waals surface area contributed by atoms with Gasteiger partial charge >= 0.3 is 0 Å². The Labute approximate surface area is 118 Å². The van der Waals surface area contributed by atoms with Gasteiger partial charge in [0.25, 0.3) is 5.91 Å². The van der Waals surface area contributed by atoms with Crippen LogP contribution in [0.2, 0.25) is 10.0 Å². The highest BCUT2D eigenvalue weighted by Gasteiger charge is 2.25. The Morgan fingerprint density at radius 1 is 1.47 bits per heavy atom. The summed E-state index contributed by atoms with van der Waals surface area (Å²) < 4.78 is 0.455. The van der Waals surface area contributed by atoms with Crippen LogP contribution in [0.5, 0.6) is 0 Å². The van der Waals surface area contributed by atoms with Crippen LogP contribution in [0.25, 0.3) is 0 Å². The molecule has 17 heavy (non-hydrogen) atoms. The highest BCUT2D eigenvalue weighted by molar-refractivity contribution is 8.23. The van der Waals surface area contributed by atoms with Gasteiger partial charge in [-0.15, -0.1) is 0 Å². The number of nitrogens with zero attached hydrogens (tertiary/aromatic N) is 2. The third kappa shape index (κ3) is 2.98. The molecule has 0 spiro atoms. The summed E-state index contributed by atoms with van der Waals surface area (Å²) in [6.07, 6.45) is 1.49. The summed E-state index contributed by atoms with van der Waals surface area (Å²) in [7, 11) is 0. The molecule has 1 heterocycles. The molecule has 1 fully saturated rings. The minimum absolute atomic E-state index is 0.124. The molecule has 0 aliphatic carbocycles. The second-order valence-electron chi connectivity index (χ2n) is 3.17. The smallest absolute Gasteiger partial charge is 0.259 e. The van der Waals surface area contributed by atoms with E-state index in [1.54, 1.807) is 18.2 Å². The Kier molecular flexibility index (Phi) is 4.04. The molecular formula is C10H6Cl2N2OS2. The number of carbonyl (C=O) groups excluding carboxylic acids is 1. The topological polar surface area (TPSA) is 32.7 Å². The summed E-state index contributed by atoms with van der Waals surface area (Å²) in [5, 5.41) is 6.24. The molecular weight excluding hydrogens is 299 g/mol. The maximum Gasteiger partial charge on any atom is 0.259 e. The van der Waals surface area contributed by atoms with Crippen molar-refractivity contribution in [2.45, 2.75) is 0 Å². The number of hydrogen-bond acceptors (Lipinski definition) is 4. The SMILES string of the molecule is O=C1CSC(=S)N1/N=C\c1ccc(Cl)cc1Cl. The molecule has 0 aromatic heterocycles. The highest BCUT2D eigenvalue weighted by Crippen LogP contribution is 2.22. The monoisotopic (exact) mass is 304 g/mol. The molecule has 0 saturated carbocycles. The van der Waals surface area contributed by atoms with Crippen LogP contribution in [0, 0.1) is 0 Å². The van der Waals surface area contributed by atoms with Crippen LogP contribution >= 0.6 is 47.2 Å². The van der Waals surface area contributed by atoms with Crippen molar-refractivity contribution >= 4 is 63.6 Å². The Hall–Kier alpha value is -0.620. The number of amides is 1. The average Bonchev–Trinajstić information content (AvgIpc) is 2.58. The number of hydrogen-bond donors (Lipinski definition) is 0. The van der Waals surface area contributed by atoms with Crippen molar-refractivity contribution in [1.29, 1.82) is 0 Å². The van der Waals surface area contributed by atoms with Crippen molar-refractivity contribution in [2.24, 2.45) is 5.10 Å². The van der Waals surface area contributed by atoms with Gasteiger partial charge in [0.15, 0.2) is 4.32 Å². The van der Waals surface area contributed by atoms with E-state index >= 15 is 0 Å². The number of benzene rings is 1. The second-order valence-corrected chi connectivity index (χ2v) is 5.62. The van der Waals surface area contributed by atoms with Crippen molar-refractivity contribution in [2.75, 3.05) is 5.75 Å². The van der Waals surface area contributed by atoms with E-state index in [0.717, 1.165) is 0 Å². The first kappa shape index (κ1) is 12.8. The molecule has 1 amide bonds. The van der Waals surface area contributed by atoms with Crippen LogP contribution < -0.4 is 0 Å². The lowest BCUT2D eigenvalue weighted by Gasteiger charge is -2.06. The minimum atomic E-state index is -0.124. The van der Waals surface area contributed by atoms with Crippen LogP contribution in [0.15, 0.2) is 23.3 Å². The standard InChI is InChI=1S/C10H6Cl2N2OS2/c11-7-2-1-6(8(12)3-7)4-13-14-9(15)5-17-10(14)16/h1-4H,5H2/b13-4-. The van der Waals surface area contributed by atoms with Crippen molar-refractivity contribution in [1.82, 2.24) is 5.01 Å². The van der Waals surface area contributed by atoms with Gasteiger partial charge in [-0.05, 0) is 12.1 Å². The lowest BCUT2D eigenvalue weighted by molar-refractivity contribution is -0.123. The van der Waals surface area contributed by atoms with E-state index in [0.29, 0.717) is 25.7 Å². The molecule has 3 nitrogen and oxygen atoms in total. The summed E-state index contributed by atoms with van der Waals surface area (Å²) in [5.74, 6) is 0.214. The van der Waals surface area contributed by atoms with Gasteiger partial charge in [-0.25, -0.2) is 0 Å². The van der Waals surface area contributed by atoms with Crippen molar-refractivity contribution in [3.05, 3.63) is 33.8 Å². The number of halogens is 2. The number of thiocarbonyl (C=S) groups is 1. The lowest BCUT2D eigenvalue weighted by Crippen LogP contribution is -2.22. The molecule has 0 atom stereocenters. The number of carbonyl (C=O) groups is 1. The van der Waals surface area contributed by atoms with Gasteiger partial charge in [-0.1, -0.05) is 53.2 Å². The number of hydrazone groups is 1. The first-order chi connectivity index (χ1) is 8.08. The van der Waals surface area contributed by atoms with Gasteiger partial charge < -0.3 is 0 Å². The molecule has 0 bridgehead atoms. The molecule has 1 aromatic carbocycles. The number of thioether (sulfide) groups is 1. The summed E-state index contributed by atoms with van der Waals surface area (Å²) >= 11 is 18.0. The van der Waals surface area contributed by atoms with E-state index < -0.39 is 0 Å². The largest absolute Gasteiger partial charge is 0.272 e. The van der Waals surface area contributed by atoms with E-state index in [9.17, 15) is 4.79 Å². The molecule has 1 aromatic rings. The summed E-state index contributed by atoms with van der Waals surface area (Å²) in [6, 6.07) is 5.04. The van der Waals surface area contributed by atoms with E-state index in [4.69, 9.17) is 35.4 Å². The third-order valence-corrected chi connectivity index (χ3v) is 3.90. The van der Waals surface area contributed by atoms with Crippen LogP contribution in [-0.4, -0.2) is 27.2 Å². The van der Waals surface area contributed by atoms with Gasteiger partial charge in [-0.2, -0.15) is 10.1 Å². The maximum absolute atomic E-state index is 11.4. The fourth-order valence-corrected chi connectivity index (χ4v) is 2.61. The molecule has 0 radical (unpaired) electrons. The van der Waals surface area contributed by atoms with Gasteiger partial charge in [-0.3, -0.25) is 4.79 Å². The van der Waals surface area contributed by atoms with Crippen LogP contribution in [0.4, 0.5) is 0 Å². The summed E-state index contributed by atoms with van der Waals surface area (Å²) in [6.45, 7) is 0. The molecule has 88 valence electrons. The van der Waals surface area contributed by atoms with Gasteiger partial charge in [0.1, 0.15) is 0 Å². The Balaban J connectivity index is 2.20. The van der Waals surface area contributed by atoms with E-state index in [2.05, 4.69) is 5.10 Å². The Morgan fingerprint density at radius 2 is 2.24 bits per heavy atom. The zero-order valence-corrected chi connectivity index (χ0v) is 11.5. The number of rotatable bonds is 2. The fourth-order valence-electron chi connectivity index (χ4n) is 1.19. The molecule has 7 heteroatoms. The maximum atomic E-state index is 11.4. The third-order valence-electron chi connectivity index (χ3n) is 2.00. The van der Waals surface area contributed by atoms with E-state index in [-0.39, 0.29) is 5.91 Å². The van der Waals surface area contributed by atoms with Crippen molar-refractivity contribution < 1.29 is 4.79 Å². The Morgan fingerprint density at radius 3 is 2.82 bits per heavy atom. The molecule has 0 N–H and O–H groups in total. The first-order valence-electron chi connectivity index (χ1n) is 4.56. The van der Waals surface area contributed by atoms with E-state index in [1.807, 2.05) is 0 Å². The van der Waals surface area contributed by atoms with Crippen LogP contribution in [0.3, 0.4) is 0 Å². The van der Waals surface area contributed by atoms with E-state index in [1.165, 1.54) is 23.0 Å². The predicted molar refractivity (Wildman–Crippen MR) is 76.0 cm³/mol. The van der Waals surface area contributed by atoms with Gasteiger partial charge in [0.05, 0.1) is 17.0 Å².